The van der Waals surface area contributed by atoms with E-state index >= 15 is 0 Å². The molecule has 1 fully saturated rings. The molecule has 0 radical (unpaired) electrons. The van der Waals surface area contributed by atoms with Gasteiger partial charge in [-0.15, -0.1) is 0 Å². The van der Waals surface area contributed by atoms with E-state index in [1.54, 1.807) is 13.3 Å². The Hall–Kier alpha value is -2.54. The van der Waals surface area contributed by atoms with Crippen molar-refractivity contribution in [1.29, 1.82) is 0 Å². The van der Waals surface area contributed by atoms with Crippen LogP contribution < -0.4 is 14.8 Å². The summed E-state index contributed by atoms with van der Waals surface area (Å²) in [6.45, 7) is 6.06. The number of carbonyl (C=O) groups excluding carboxylic acids is 1. The fourth-order valence-electron chi connectivity index (χ4n) is 4.77. The fourth-order valence-corrected chi connectivity index (χ4v) is 4.77. The minimum atomic E-state index is -0.623. The Morgan fingerprint density at radius 3 is 2.65 bits per heavy atom. The molecule has 2 unspecified atom stereocenters. The lowest BCUT2D eigenvalue weighted by Gasteiger charge is -2.39. The molecule has 0 spiro atoms. The van der Waals surface area contributed by atoms with Crippen LogP contribution in [0.25, 0.3) is 10.9 Å². The predicted molar refractivity (Wildman–Crippen MR) is 117 cm³/mol. The monoisotopic (exact) mass is 428 g/mol. The average Bonchev–Trinajstić information content (AvgIpc) is 2.72. The first-order valence-corrected chi connectivity index (χ1v) is 11.0. The van der Waals surface area contributed by atoms with E-state index < -0.39 is 11.7 Å². The minimum Gasteiger partial charge on any atom is -0.497 e. The molecule has 0 saturated heterocycles. The Morgan fingerprint density at radius 1 is 1.23 bits per heavy atom. The van der Waals surface area contributed by atoms with Crippen LogP contribution in [0.5, 0.6) is 11.5 Å². The molecule has 1 aliphatic carbocycles. The molecule has 1 aromatic heterocycles. The van der Waals surface area contributed by atoms with Gasteiger partial charge in [-0.3, -0.25) is 4.98 Å². The van der Waals surface area contributed by atoms with Crippen LogP contribution in [0.1, 0.15) is 58.1 Å². The summed E-state index contributed by atoms with van der Waals surface area (Å²) in [5.41, 5.74) is 1.11. The molecule has 1 aliphatic heterocycles. The number of methoxy groups -OCH3 is 1. The second-order valence-corrected chi connectivity index (χ2v) is 9.60. The standard InChI is InChI=1S/C24H32N2O5/c1-24(2,3)31-23(28)26-15-7-5-14(6-8-15)18-13-30-20-12-25-19-10-9-16(29-4)11-17(19)21(20)22(18)27/h9-12,14-15,18,22,27H,5-8,13H2,1-4H3,(H,26,28)/t14-,15-,18?,22?. The second-order valence-electron chi connectivity index (χ2n) is 9.60. The third-order valence-electron chi connectivity index (χ3n) is 6.31. The van der Waals surface area contributed by atoms with Gasteiger partial charge in [-0.25, -0.2) is 4.79 Å². The van der Waals surface area contributed by atoms with Crippen molar-refractivity contribution in [3.8, 4) is 11.5 Å². The highest BCUT2D eigenvalue weighted by molar-refractivity contribution is 5.86. The fraction of sp³-hybridized carbons (Fsp3) is 0.583. The van der Waals surface area contributed by atoms with Crippen LogP contribution in [0, 0.1) is 11.8 Å². The molecular weight excluding hydrogens is 396 g/mol. The van der Waals surface area contributed by atoms with Crippen LogP contribution in [0.2, 0.25) is 0 Å². The summed E-state index contributed by atoms with van der Waals surface area (Å²) in [6.07, 6.45) is 4.29. The number of alkyl carbamates (subject to hydrolysis) is 1. The Kier molecular flexibility index (Phi) is 5.97. The maximum Gasteiger partial charge on any atom is 0.407 e. The van der Waals surface area contributed by atoms with Crippen molar-refractivity contribution in [1.82, 2.24) is 10.3 Å². The average molecular weight is 429 g/mol. The number of nitrogens with one attached hydrogen (secondary N) is 1. The second kappa shape index (κ2) is 8.54. The van der Waals surface area contributed by atoms with E-state index in [4.69, 9.17) is 14.2 Å². The van der Waals surface area contributed by atoms with E-state index in [9.17, 15) is 9.90 Å². The van der Waals surface area contributed by atoms with E-state index in [0.717, 1.165) is 47.9 Å². The molecule has 2 atom stereocenters. The van der Waals surface area contributed by atoms with Crippen LogP contribution in [0.4, 0.5) is 4.79 Å². The van der Waals surface area contributed by atoms with Gasteiger partial charge in [0.2, 0.25) is 0 Å². The van der Waals surface area contributed by atoms with Gasteiger partial charge in [0.1, 0.15) is 17.1 Å². The van der Waals surface area contributed by atoms with Crippen molar-refractivity contribution in [3.05, 3.63) is 30.0 Å². The first kappa shape index (κ1) is 21.7. The van der Waals surface area contributed by atoms with E-state index in [1.807, 2.05) is 39.0 Å². The lowest BCUT2D eigenvalue weighted by Crippen LogP contribution is -2.42. The van der Waals surface area contributed by atoms with Gasteiger partial charge in [0.15, 0.2) is 0 Å². The normalized spacial score (nSPS) is 26.0. The maximum atomic E-state index is 12.1. The number of aliphatic hydroxyl groups excluding tert-OH is 1. The van der Waals surface area contributed by atoms with E-state index in [0.29, 0.717) is 18.3 Å². The summed E-state index contributed by atoms with van der Waals surface area (Å²) < 4.78 is 16.8. The number of hydrogen-bond acceptors (Lipinski definition) is 6. The Morgan fingerprint density at radius 2 is 1.97 bits per heavy atom. The number of nitrogens with zero attached hydrogens (tertiary/aromatic N) is 1. The number of aliphatic hydroxyl groups is 1. The summed E-state index contributed by atoms with van der Waals surface area (Å²) in [6, 6.07) is 5.79. The minimum absolute atomic E-state index is 0.00628. The Balaban J connectivity index is 1.45. The lowest BCUT2D eigenvalue weighted by molar-refractivity contribution is 0.00455. The van der Waals surface area contributed by atoms with Crippen molar-refractivity contribution < 1.29 is 24.1 Å². The topological polar surface area (TPSA) is 89.9 Å². The molecular formula is C24H32N2O5. The summed E-state index contributed by atoms with van der Waals surface area (Å²) >= 11 is 0. The number of amides is 1. The number of rotatable bonds is 3. The zero-order valence-corrected chi connectivity index (χ0v) is 18.7. The van der Waals surface area contributed by atoms with Crippen LogP contribution in [0.15, 0.2) is 24.4 Å². The highest BCUT2D eigenvalue weighted by Crippen LogP contribution is 2.45. The van der Waals surface area contributed by atoms with Gasteiger partial charge in [-0.1, -0.05) is 0 Å². The third kappa shape index (κ3) is 4.71. The smallest absolute Gasteiger partial charge is 0.407 e. The largest absolute Gasteiger partial charge is 0.497 e. The quantitative estimate of drug-likeness (QED) is 0.755. The van der Waals surface area contributed by atoms with Crippen molar-refractivity contribution in [3.63, 3.8) is 0 Å². The molecule has 2 aliphatic rings. The van der Waals surface area contributed by atoms with Gasteiger partial charge >= 0.3 is 6.09 Å². The molecule has 2 aromatic rings. The van der Waals surface area contributed by atoms with Gasteiger partial charge in [0.25, 0.3) is 0 Å². The van der Waals surface area contributed by atoms with Crippen molar-refractivity contribution in [2.75, 3.05) is 13.7 Å². The molecule has 1 amide bonds. The summed E-state index contributed by atoms with van der Waals surface area (Å²) in [5.74, 6) is 1.70. The molecule has 2 N–H and O–H groups in total. The molecule has 0 bridgehead atoms. The first-order valence-electron chi connectivity index (χ1n) is 11.0. The number of benzene rings is 1. The number of ether oxygens (including phenoxy) is 3. The van der Waals surface area contributed by atoms with Gasteiger partial charge in [-0.2, -0.15) is 0 Å². The number of aromatic nitrogens is 1. The van der Waals surface area contributed by atoms with Crippen LogP contribution in [-0.4, -0.2) is 41.5 Å². The van der Waals surface area contributed by atoms with Gasteiger partial charge < -0.3 is 24.6 Å². The maximum absolute atomic E-state index is 12.1. The molecule has 4 rings (SSSR count). The van der Waals surface area contributed by atoms with Crippen LogP contribution >= 0.6 is 0 Å². The molecule has 1 aromatic carbocycles. The molecule has 168 valence electrons. The number of carbonyl (C=O) groups is 1. The van der Waals surface area contributed by atoms with Crippen molar-refractivity contribution in [2.45, 2.75) is 64.2 Å². The molecule has 7 nitrogen and oxygen atoms in total. The predicted octanol–water partition coefficient (Wildman–Crippen LogP) is 4.37. The Bertz CT molecular complexity index is 942. The van der Waals surface area contributed by atoms with E-state index in [1.165, 1.54) is 0 Å². The summed E-state index contributed by atoms with van der Waals surface area (Å²) in [5, 5.41) is 15.2. The highest BCUT2D eigenvalue weighted by atomic mass is 16.6. The third-order valence-corrected chi connectivity index (χ3v) is 6.31. The number of hydrogen-bond donors (Lipinski definition) is 2. The molecule has 1 saturated carbocycles. The van der Waals surface area contributed by atoms with E-state index in [-0.39, 0.29) is 18.1 Å². The summed E-state index contributed by atoms with van der Waals surface area (Å²) in [7, 11) is 1.63. The number of fused-ring (bicyclic) bond motifs is 3. The van der Waals surface area contributed by atoms with Crippen molar-refractivity contribution in [2.24, 2.45) is 11.8 Å². The molecule has 2 heterocycles. The van der Waals surface area contributed by atoms with E-state index in [2.05, 4.69) is 10.3 Å². The van der Waals surface area contributed by atoms with Gasteiger partial charge in [0.05, 0.1) is 31.5 Å². The van der Waals surface area contributed by atoms with Crippen LogP contribution in [0.3, 0.4) is 0 Å². The first-order chi connectivity index (χ1) is 14.7. The highest BCUT2D eigenvalue weighted by Gasteiger charge is 2.38. The zero-order chi connectivity index (χ0) is 22.2. The molecule has 7 heteroatoms. The van der Waals surface area contributed by atoms with Gasteiger partial charge in [-0.05, 0) is 70.6 Å². The summed E-state index contributed by atoms with van der Waals surface area (Å²) in [4.78, 5) is 16.5. The zero-order valence-electron chi connectivity index (χ0n) is 18.7. The lowest BCUT2D eigenvalue weighted by atomic mass is 9.74. The molecule has 31 heavy (non-hydrogen) atoms. The van der Waals surface area contributed by atoms with Crippen molar-refractivity contribution >= 4 is 17.0 Å². The Labute approximate surface area is 183 Å². The van der Waals surface area contributed by atoms with Crippen LogP contribution in [-0.2, 0) is 4.74 Å². The SMILES string of the molecule is COc1ccc2ncc3c(c2c1)C(O)C([C@H]1CC[C@H](NC(=O)OC(C)(C)C)CC1)CO3. The number of pyridine rings is 1. The van der Waals surface area contributed by atoms with Gasteiger partial charge in [0, 0.05) is 22.9 Å².